The third-order valence-electron chi connectivity index (χ3n) is 3.88. The van der Waals surface area contributed by atoms with Gasteiger partial charge < -0.3 is 10.6 Å². The molecule has 1 rings (SSSR count). The van der Waals surface area contributed by atoms with Gasteiger partial charge in [-0.25, -0.2) is 8.42 Å². The zero-order valence-electron chi connectivity index (χ0n) is 15.1. The lowest BCUT2D eigenvalue weighted by Gasteiger charge is -2.18. The summed E-state index contributed by atoms with van der Waals surface area (Å²) in [5.41, 5.74) is -4.98. The molecule has 0 heterocycles. The van der Waals surface area contributed by atoms with Gasteiger partial charge in [-0.05, 0) is 38.0 Å². The lowest BCUT2D eigenvalue weighted by Crippen LogP contribution is -2.25. The molecule has 0 aliphatic heterocycles. The third kappa shape index (κ3) is 5.36. The van der Waals surface area contributed by atoms with Crippen molar-refractivity contribution >= 4 is 27.1 Å². The maximum absolute atomic E-state index is 12.7. The van der Waals surface area contributed by atoms with Gasteiger partial charge in [-0.3, -0.25) is 4.79 Å². The molecule has 0 saturated heterocycles. The minimum Gasteiger partial charge on any atom is -0.384 e. The van der Waals surface area contributed by atoms with Crippen molar-refractivity contribution in [1.29, 1.82) is 0 Å². The van der Waals surface area contributed by atoms with E-state index in [0.717, 1.165) is 25.0 Å². The van der Waals surface area contributed by atoms with Crippen molar-refractivity contribution in [2.75, 3.05) is 17.2 Å². The van der Waals surface area contributed by atoms with E-state index in [0.29, 0.717) is 19.4 Å². The number of carbonyl (C=O) groups is 1. The van der Waals surface area contributed by atoms with Gasteiger partial charge in [-0.2, -0.15) is 13.2 Å². The standard InChI is InChI=1S/C17H25F3N2O3S/c1-4-7-12(8-5-2)16(23)22-14-10-9-13(11-15(14)21-6-3)26(24,25)17(18,19)20/h9-12,21H,4-8H2,1-3H3,(H,22,23). The van der Waals surface area contributed by atoms with E-state index in [1.807, 2.05) is 13.8 Å². The fraction of sp³-hybridized carbons (Fsp3) is 0.588. The number of carbonyl (C=O) groups excluding carboxylic acids is 1. The van der Waals surface area contributed by atoms with Gasteiger partial charge in [0.2, 0.25) is 5.91 Å². The number of rotatable bonds is 9. The molecule has 1 amide bonds. The topological polar surface area (TPSA) is 75.3 Å². The second-order valence-corrected chi connectivity index (χ2v) is 7.89. The van der Waals surface area contributed by atoms with Crippen LogP contribution in [-0.2, 0) is 14.6 Å². The smallest absolute Gasteiger partial charge is 0.384 e. The highest BCUT2D eigenvalue weighted by molar-refractivity contribution is 7.92. The van der Waals surface area contributed by atoms with Crippen molar-refractivity contribution in [3.05, 3.63) is 18.2 Å². The van der Waals surface area contributed by atoms with E-state index in [1.54, 1.807) is 6.92 Å². The van der Waals surface area contributed by atoms with E-state index in [-0.39, 0.29) is 23.2 Å². The number of alkyl halides is 3. The third-order valence-corrected chi connectivity index (χ3v) is 5.36. The molecule has 26 heavy (non-hydrogen) atoms. The summed E-state index contributed by atoms with van der Waals surface area (Å²) < 4.78 is 61.4. The van der Waals surface area contributed by atoms with Crippen LogP contribution >= 0.6 is 0 Å². The van der Waals surface area contributed by atoms with Crippen LogP contribution in [0, 0.1) is 5.92 Å². The van der Waals surface area contributed by atoms with E-state index in [1.165, 1.54) is 6.07 Å². The fourth-order valence-corrected chi connectivity index (χ4v) is 3.40. The molecule has 0 unspecified atom stereocenters. The Balaban J connectivity index is 3.19. The number of hydrogen-bond acceptors (Lipinski definition) is 4. The van der Waals surface area contributed by atoms with E-state index >= 15 is 0 Å². The Morgan fingerprint density at radius 1 is 1.08 bits per heavy atom. The molecule has 0 radical (unpaired) electrons. The minimum atomic E-state index is -5.45. The Morgan fingerprint density at radius 2 is 1.65 bits per heavy atom. The van der Waals surface area contributed by atoms with E-state index in [9.17, 15) is 26.4 Å². The average molecular weight is 394 g/mol. The van der Waals surface area contributed by atoms with Crippen molar-refractivity contribution in [3.63, 3.8) is 0 Å². The van der Waals surface area contributed by atoms with E-state index < -0.39 is 20.2 Å². The maximum atomic E-state index is 12.7. The lowest BCUT2D eigenvalue weighted by atomic mass is 9.97. The Hall–Kier alpha value is -1.77. The molecular formula is C17H25F3N2O3S. The molecule has 0 atom stereocenters. The monoisotopic (exact) mass is 394 g/mol. The number of benzene rings is 1. The van der Waals surface area contributed by atoms with Crippen molar-refractivity contribution in [2.24, 2.45) is 5.92 Å². The molecule has 148 valence electrons. The van der Waals surface area contributed by atoms with Gasteiger partial charge >= 0.3 is 5.51 Å². The van der Waals surface area contributed by atoms with Crippen LogP contribution in [0.25, 0.3) is 0 Å². The summed E-state index contributed by atoms with van der Waals surface area (Å²) in [6, 6.07) is 2.94. The highest BCUT2D eigenvalue weighted by atomic mass is 32.2. The van der Waals surface area contributed by atoms with Crippen LogP contribution in [0.4, 0.5) is 24.5 Å². The molecule has 0 aromatic heterocycles. The van der Waals surface area contributed by atoms with Gasteiger partial charge in [0.05, 0.1) is 16.3 Å². The second kappa shape index (κ2) is 9.25. The highest BCUT2D eigenvalue weighted by Crippen LogP contribution is 2.34. The summed E-state index contributed by atoms with van der Waals surface area (Å²) in [7, 11) is -5.45. The number of halogens is 3. The van der Waals surface area contributed by atoms with E-state index in [2.05, 4.69) is 10.6 Å². The van der Waals surface area contributed by atoms with Crippen molar-refractivity contribution in [3.8, 4) is 0 Å². The Kier molecular flexibility index (Phi) is 7.92. The average Bonchev–Trinajstić information content (AvgIpc) is 2.55. The number of sulfone groups is 1. The number of nitrogens with one attached hydrogen (secondary N) is 2. The van der Waals surface area contributed by atoms with Gasteiger partial charge in [-0.15, -0.1) is 0 Å². The number of amides is 1. The van der Waals surface area contributed by atoms with Gasteiger partial charge in [0, 0.05) is 12.5 Å². The first-order valence-electron chi connectivity index (χ1n) is 8.58. The molecule has 0 fully saturated rings. The first-order chi connectivity index (χ1) is 12.1. The fourth-order valence-electron chi connectivity index (χ4n) is 2.61. The van der Waals surface area contributed by atoms with Crippen molar-refractivity contribution in [2.45, 2.75) is 56.9 Å². The molecule has 2 N–H and O–H groups in total. The summed E-state index contributed by atoms with van der Waals surface area (Å²) >= 11 is 0. The van der Waals surface area contributed by atoms with Gasteiger partial charge in [0.15, 0.2) is 0 Å². The molecule has 1 aromatic carbocycles. The second-order valence-electron chi connectivity index (χ2n) is 5.95. The normalized spacial score (nSPS) is 12.3. The van der Waals surface area contributed by atoms with Gasteiger partial charge in [-0.1, -0.05) is 26.7 Å². The van der Waals surface area contributed by atoms with Crippen molar-refractivity contribution in [1.82, 2.24) is 0 Å². The Morgan fingerprint density at radius 3 is 2.12 bits per heavy atom. The summed E-state index contributed by atoms with van der Waals surface area (Å²) in [6.45, 7) is 6.01. The molecule has 0 spiro atoms. The zero-order valence-corrected chi connectivity index (χ0v) is 15.9. The van der Waals surface area contributed by atoms with Crippen LogP contribution in [0.15, 0.2) is 23.1 Å². The molecule has 0 saturated carbocycles. The summed E-state index contributed by atoms with van der Waals surface area (Å²) in [4.78, 5) is 11.6. The first-order valence-corrected chi connectivity index (χ1v) is 10.1. The molecule has 1 aromatic rings. The predicted octanol–water partition coefficient (Wildman–Crippen LogP) is 4.57. The van der Waals surface area contributed by atoms with Crippen LogP contribution in [-0.4, -0.2) is 26.4 Å². The summed E-state index contributed by atoms with van der Waals surface area (Å²) in [5.74, 6) is -0.419. The van der Waals surface area contributed by atoms with Gasteiger partial charge in [0.25, 0.3) is 9.84 Å². The molecule has 5 nitrogen and oxygen atoms in total. The molecule has 9 heteroatoms. The number of anilines is 2. The maximum Gasteiger partial charge on any atom is 0.501 e. The van der Waals surface area contributed by atoms with Crippen molar-refractivity contribution < 1.29 is 26.4 Å². The zero-order chi connectivity index (χ0) is 20.0. The largest absolute Gasteiger partial charge is 0.501 e. The van der Waals surface area contributed by atoms with Crippen LogP contribution in [0.5, 0.6) is 0 Å². The van der Waals surface area contributed by atoms with E-state index in [4.69, 9.17) is 0 Å². The first kappa shape index (κ1) is 22.3. The summed E-state index contributed by atoms with van der Waals surface area (Å²) in [5, 5.41) is 5.51. The van der Waals surface area contributed by atoms with Crippen LogP contribution < -0.4 is 10.6 Å². The lowest BCUT2D eigenvalue weighted by molar-refractivity contribution is -0.120. The van der Waals surface area contributed by atoms with Crippen LogP contribution in [0.1, 0.15) is 46.5 Å². The molecular weight excluding hydrogens is 369 g/mol. The van der Waals surface area contributed by atoms with Gasteiger partial charge in [0.1, 0.15) is 0 Å². The minimum absolute atomic E-state index is 0.137. The number of hydrogen-bond donors (Lipinski definition) is 2. The quantitative estimate of drug-likeness (QED) is 0.643. The summed E-state index contributed by atoms with van der Waals surface area (Å²) in [6.07, 6.45) is 3.08. The van der Waals surface area contributed by atoms with Crippen LogP contribution in [0.3, 0.4) is 0 Å². The molecule has 0 aliphatic rings. The SMILES string of the molecule is CCCC(CCC)C(=O)Nc1ccc(S(=O)(=O)C(F)(F)F)cc1NCC. The van der Waals surface area contributed by atoms with Crippen LogP contribution in [0.2, 0.25) is 0 Å². The molecule has 0 aliphatic carbocycles. The Bertz CT molecular complexity index is 712. The molecule has 0 bridgehead atoms. The Labute approximate surface area is 152 Å². The predicted molar refractivity (Wildman–Crippen MR) is 95.8 cm³/mol. The highest BCUT2D eigenvalue weighted by Gasteiger charge is 2.47.